The third-order valence-electron chi connectivity index (χ3n) is 6.89. The minimum atomic E-state index is -1.16. The van der Waals surface area contributed by atoms with Crippen LogP contribution in [0.1, 0.15) is 51.9 Å². The zero-order valence-corrected chi connectivity index (χ0v) is 21.1. The van der Waals surface area contributed by atoms with Crippen LogP contribution in [0.15, 0.2) is 54.9 Å². The second-order valence-electron chi connectivity index (χ2n) is 9.66. The van der Waals surface area contributed by atoms with E-state index in [1.807, 2.05) is 18.2 Å². The smallest absolute Gasteiger partial charge is 0.274 e. The molecule has 2 aliphatic rings. The number of carbonyl (C=O) groups is 3. The first-order valence-electron chi connectivity index (χ1n) is 12.2. The zero-order valence-electron chi connectivity index (χ0n) is 20.3. The van der Waals surface area contributed by atoms with Gasteiger partial charge in [0, 0.05) is 24.2 Å². The van der Waals surface area contributed by atoms with Crippen LogP contribution >= 0.6 is 11.6 Å². The van der Waals surface area contributed by atoms with E-state index < -0.39 is 11.4 Å². The maximum atomic E-state index is 13.7. The third kappa shape index (κ3) is 4.96. The molecule has 1 aliphatic heterocycles. The first-order chi connectivity index (χ1) is 17.8. The second-order valence-corrected chi connectivity index (χ2v) is 10.1. The van der Waals surface area contributed by atoms with E-state index in [9.17, 15) is 18.8 Å². The van der Waals surface area contributed by atoms with Gasteiger partial charge in [-0.15, -0.1) is 0 Å². The Kier molecular flexibility index (Phi) is 6.72. The molecule has 5 rings (SSSR count). The molecule has 10 heteroatoms. The van der Waals surface area contributed by atoms with Crippen molar-refractivity contribution in [3.05, 3.63) is 88.2 Å². The Morgan fingerprint density at radius 2 is 1.86 bits per heavy atom. The number of halogens is 2. The summed E-state index contributed by atoms with van der Waals surface area (Å²) in [6.07, 6.45) is 3.56. The lowest BCUT2D eigenvalue weighted by molar-refractivity contribution is -0.133. The van der Waals surface area contributed by atoms with Gasteiger partial charge >= 0.3 is 0 Å². The van der Waals surface area contributed by atoms with Gasteiger partial charge in [0.1, 0.15) is 17.1 Å². The van der Waals surface area contributed by atoms with E-state index in [1.165, 1.54) is 18.5 Å². The summed E-state index contributed by atoms with van der Waals surface area (Å²) >= 11 is 6.19. The van der Waals surface area contributed by atoms with Crippen molar-refractivity contribution in [1.29, 1.82) is 0 Å². The summed E-state index contributed by atoms with van der Waals surface area (Å²) in [6.45, 7) is 2.44. The van der Waals surface area contributed by atoms with Gasteiger partial charge in [0.25, 0.3) is 11.8 Å². The number of hydrogen-bond donors (Lipinski definition) is 2. The van der Waals surface area contributed by atoms with Crippen LogP contribution in [0.2, 0.25) is 5.02 Å². The average molecular weight is 524 g/mol. The van der Waals surface area contributed by atoms with Gasteiger partial charge < -0.3 is 20.1 Å². The topological polar surface area (TPSA) is 96.3 Å². The normalized spacial score (nSPS) is 18.9. The molecule has 1 unspecified atom stereocenters. The number of amides is 3. The summed E-state index contributed by atoms with van der Waals surface area (Å²) in [7, 11) is 0. The standard InChI is InChI=1S/C27H27ClFN5O3/c1-27(26(37)31-14-17-6-8-19(29)9-7-17)15-33-16-32-22(23(33)25(36)34(27)20-10-11-20)24(35)30-13-12-18-4-2-3-5-21(18)28/h2-9,16,20H,10-15H2,1H3,(H,30,35)(H,31,37). The Labute approximate surface area is 218 Å². The maximum Gasteiger partial charge on any atom is 0.274 e. The summed E-state index contributed by atoms with van der Waals surface area (Å²) in [5.74, 6) is -1.51. The Morgan fingerprint density at radius 3 is 2.57 bits per heavy atom. The fourth-order valence-corrected chi connectivity index (χ4v) is 5.02. The lowest BCUT2D eigenvalue weighted by Gasteiger charge is -2.44. The molecule has 3 amide bonds. The van der Waals surface area contributed by atoms with E-state index in [2.05, 4.69) is 15.6 Å². The highest BCUT2D eigenvalue weighted by Crippen LogP contribution is 2.38. The van der Waals surface area contributed by atoms with Crippen molar-refractivity contribution in [2.45, 2.75) is 50.9 Å². The quantitative estimate of drug-likeness (QED) is 0.473. The SMILES string of the molecule is CC1(C(=O)NCc2ccc(F)cc2)Cn2cnc(C(=O)NCCc3ccccc3Cl)c2C(=O)N1C1CC1. The van der Waals surface area contributed by atoms with Crippen molar-refractivity contribution in [3.8, 4) is 0 Å². The van der Waals surface area contributed by atoms with E-state index in [1.54, 1.807) is 34.6 Å². The number of benzene rings is 2. The van der Waals surface area contributed by atoms with Crippen LogP contribution < -0.4 is 10.6 Å². The molecule has 2 heterocycles. The number of carbonyl (C=O) groups excluding carboxylic acids is 3. The van der Waals surface area contributed by atoms with Crippen LogP contribution in [0.3, 0.4) is 0 Å². The van der Waals surface area contributed by atoms with Crippen molar-refractivity contribution in [1.82, 2.24) is 25.1 Å². The summed E-state index contributed by atoms with van der Waals surface area (Å²) in [4.78, 5) is 45.9. The third-order valence-corrected chi connectivity index (χ3v) is 7.26. The zero-order chi connectivity index (χ0) is 26.2. The maximum absolute atomic E-state index is 13.7. The summed E-state index contributed by atoms with van der Waals surface area (Å²) in [5, 5.41) is 6.35. The van der Waals surface area contributed by atoms with Gasteiger partial charge in [-0.2, -0.15) is 0 Å². The molecule has 0 radical (unpaired) electrons. The molecule has 1 saturated carbocycles. The van der Waals surface area contributed by atoms with Gasteiger partial charge in [-0.25, -0.2) is 9.37 Å². The molecule has 0 saturated heterocycles. The number of rotatable bonds is 8. The monoisotopic (exact) mass is 523 g/mol. The van der Waals surface area contributed by atoms with Gasteiger partial charge in [0.15, 0.2) is 5.69 Å². The van der Waals surface area contributed by atoms with Gasteiger partial charge in [-0.1, -0.05) is 41.9 Å². The van der Waals surface area contributed by atoms with Gasteiger partial charge in [-0.05, 0) is 55.5 Å². The number of imidazole rings is 1. The molecule has 1 atom stereocenters. The van der Waals surface area contributed by atoms with Gasteiger partial charge in [0.2, 0.25) is 5.91 Å². The highest BCUT2D eigenvalue weighted by atomic mass is 35.5. The Balaban J connectivity index is 1.32. The molecule has 0 bridgehead atoms. The Bertz CT molecular complexity index is 1350. The van der Waals surface area contributed by atoms with E-state index >= 15 is 0 Å². The largest absolute Gasteiger partial charge is 0.350 e. The van der Waals surface area contributed by atoms with Crippen LogP contribution in [-0.4, -0.2) is 50.3 Å². The minimum Gasteiger partial charge on any atom is -0.350 e. The number of hydrogen-bond acceptors (Lipinski definition) is 4. The molecule has 1 aliphatic carbocycles. The van der Waals surface area contributed by atoms with Crippen LogP contribution in [-0.2, 0) is 24.3 Å². The van der Waals surface area contributed by atoms with Crippen molar-refractivity contribution in [2.24, 2.45) is 0 Å². The van der Waals surface area contributed by atoms with Crippen molar-refractivity contribution in [3.63, 3.8) is 0 Å². The molecule has 1 fully saturated rings. The van der Waals surface area contributed by atoms with E-state index in [0.717, 1.165) is 24.0 Å². The fraction of sp³-hybridized carbons (Fsp3) is 0.333. The van der Waals surface area contributed by atoms with Crippen molar-refractivity contribution in [2.75, 3.05) is 6.54 Å². The summed E-state index contributed by atoms with van der Waals surface area (Å²) in [5.41, 5.74) is 0.728. The van der Waals surface area contributed by atoms with Crippen molar-refractivity contribution >= 4 is 29.3 Å². The summed E-state index contributed by atoms with van der Waals surface area (Å²) in [6, 6.07) is 13.2. The summed E-state index contributed by atoms with van der Waals surface area (Å²) < 4.78 is 14.8. The predicted octanol–water partition coefficient (Wildman–Crippen LogP) is 3.34. The number of nitrogens with zero attached hydrogens (tertiary/aromatic N) is 3. The van der Waals surface area contributed by atoms with E-state index in [-0.39, 0.29) is 48.2 Å². The first-order valence-corrected chi connectivity index (χ1v) is 12.6. The van der Waals surface area contributed by atoms with E-state index in [4.69, 9.17) is 11.6 Å². The Morgan fingerprint density at radius 1 is 1.14 bits per heavy atom. The van der Waals surface area contributed by atoms with Crippen molar-refractivity contribution < 1.29 is 18.8 Å². The predicted molar refractivity (Wildman–Crippen MR) is 136 cm³/mol. The molecule has 37 heavy (non-hydrogen) atoms. The molecule has 192 valence electrons. The van der Waals surface area contributed by atoms with E-state index in [0.29, 0.717) is 18.0 Å². The highest BCUT2D eigenvalue weighted by molar-refractivity contribution is 6.31. The van der Waals surface area contributed by atoms with Gasteiger partial charge in [0.05, 0.1) is 12.9 Å². The average Bonchev–Trinajstić information content (AvgIpc) is 3.62. The van der Waals surface area contributed by atoms with Crippen LogP contribution in [0.25, 0.3) is 0 Å². The van der Waals surface area contributed by atoms with Crippen LogP contribution in [0, 0.1) is 5.82 Å². The molecular formula is C27H27ClFN5O3. The molecule has 3 aromatic rings. The lowest BCUT2D eigenvalue weighted by atomic mass is 9.93. The molecule has 2 aromatic carbocycles. The lowest BCUT2D eigenvalue weighted by Crippen LogP contribution is -2.64. The molecule has 2 N–H and O–H groups in total. The number of aromatic nitrogens is 2. The Hall–Kier alpha value is -3.72. The van der Waals surface area contributed by atoms with Gasteiger partial charge in [-0.3, -0.25) is 14.4 Å². The molecular weight excluding hydrogens is 497 g/mol. The highest BCUT2D eigenvalue weighted by Gasteiger charge is 2.53. The fourth-order valence-electron chi connectivity index (χ4n) is 4.79. The molecule has 1 aromatic heterocycles. The molecule has 8 nitrogen and oxygen atoms in total. The van der Waals surface area contributed by atoms with Crippen LogP contribution in [0.5, 0.6) is 0 Å². The number of nitrogens with one attached hydrogen (secondary N) is 2. The molecule has 0 spiro atoms. The minimum absolute atomic E-state index is 0.0450. The van der Waals surface area contributed by atoms with Crippen LogP contribution in [0.4, 0.5) is 4.39 Å². The first kappa shape index (κ1) is 25.0. The number of fused-ring (bicyclic) bond motifs is 1. The second kappa shape index (κ2) is 9.97.